The van der Waals surface area contributed by atoms with Crippen LogP contribution in [0.5, 0.6) is 0 Å². The van der Waals surface area contributed by atoms with Crippen LogP contribution in [0.2, 0.25) is 0 Å². The standard InChI is InChI=1S/C17H25NO2S/c1-13(14-7-3-2-4-8-14)18-16-11-12-21(19,20)17-10-6-5-9-15(16)17/h5-6,9-10,13-14,16,18H,2-4,7-8,11-12H2,1H3/t13-,16?/m0/s1. The fourth-order valence-corrected chi connectivity index (χ4v) is 5.47. The molecule has 1 aromatic rings. The van der Waals surface area contributed by atoms with E-state index in [1.807, 2.05) is 18.2 Å². The summed E-state index contributed by atoms with van der Waals surface area (Å²) < 4.78 is 24.4. The summed E-state index contributed by atoms with van der Waals surface area (Å²) in [7, 11) is -3.08. The Morgan fingerprint density at radius 2 is 1.81 bits per heavy atom. The van der Waals surface area contributed by atoms with Gasteiger partial charge in [-0.25, -0.2) is 8.42 Å². The molecule has 1 heterocycles. The number of sulfone groups is 1. The Balaban J connectivity index is 1.77. The molecule has 1 aromatic carbocycles. The normalized spacial score (nSPS) is 27.0. The van der Waals surface area contributed by atoms with Crippen molar-refractivity contribution in [2.75, 3.05) is 5.75 Å². The van der Waals surface area contributed by atoms with E-state index in [1.165, 1.54) is 32.1 Å². The molecule has 0 spiro atoms. The van der Waals surface area contributed by atoms with Gasteiger partial charge in [0.15, 0.2) is 9.84 Å². The van der Waals surface area contributed by atoms with Gasteiger partial charge in [0.2, 0.25) is 0 Å². The van der Waals surface area contributed by atoms with Crippen LogP contribution in [0.15, 0.2) is 29.2 Å². The van der Waals surface area contributed by atoms with E-state index in [2.05, 4.69) is 12.2 Å². The fourth-order valence-electron chi connectivity index (χ4n) is 3.85. The van der Waals surface area contributed by atoms with E-state index in [-0.39, 0.29) is 11.8 Å². The average molecular weight is 307 g/mol. The summed E-state index contributed by atoms with van der Waals surface area (Å²) in [6.45, 7) is 2.27. The fraction of sp³-hybridized carbons (Fsp3) is 0.647. The summed E-state index contributed by atoms with van der Waals surface area (Å²) in [4.78, 5) is 0.532. The SMILES string of the molecule is C[C@H](NC1CCS(=O)(=O)c2ccccc21)C1CCCCC1. The molecule has 0 radical (unpaired) electrons. The highest BCUT2D eigenvalue weighted by Gasteiger charge is 2.31. The Labute approximate surface area is 128 Å². The van der Waals surface area contributed by atoms with Crippen molar-refractivity contribution >= 4 is 9.84 Å². The zero-order chi connectivity index (χ0) is 14.9. The van der Waals surface area contributed by atoms with Gasteiger partial charge in [-0.05, 0) is 43.7 Å². The number of hydrogen-bond donors (Lipinski definition) is 1. The molecule has 1 fully saturated rings. The maximum absolute atomic E-state index is 12.2. The van der Waals surface area contributed by atoms with Crippen LogP contribution in [0.4, 0.5) is 0 Å². The molecule has 0 aromatic heterocycles. The number of rotatable bonds is 3. The summed E-state index contributed by atoms with van der Waals surface area (Å²) in [5.41, 5.74) is 0.964. The maximum Gasteiger partial charge on any atom is 0.178 e. The minimum Gasteiger partial charge on any atom is -0.307 e. The summed E-state index contributed by atoms with van der Waals surface area (Å²) in [6, 6.07) is 8.13. The molecule has 0 amide bonds. The molecular weight excluding hydrogens is 282 g/mol. The maximum atomic E-state index is 12.2. The van der Waals surface area contributed by atoms with Crippen molar-refractivity contribution in [2.24, 2.45) is 5.92 Å². The highest BCUT2D eigenvalue weighted by molar-refractivity contribution is 7.91. The molecule has 21 heavy (non-hydrogen) atoms. The number of hydrogen-bond acceptors (Lipinski definition) is 3. The second-order valence-corrected chi connectivity index (χ2v) is 8.63. The first-order chi connectivity index (χ1) is 10.1. The molecule has 1 N–H and O–H groups in total. The lowest BCUT2D eigenvalue weighted by Gasteiger charge is -2.34. The van der Waals surface area contributed by atoms with Gasteiger partial charge < -0.3 is 5.32 Å². The van der Waals surface area contributed by atoms with Gasteiger partial charge in [0.1, 0.15) is 0 Å². The van der Waals surface area contributed by atoms with E-state index in [4.69, 9.17) is 0 Å². The van der Waals surface area contributed by atoms with Crippen LogP contribution >= 0.6 is 0 Å². The van der Waals surface area contributed by atoms with Crippen LogP contribution in [-0.4, -0.2) is 20.2 Å². The molecule has 1 aliphatic carbocycles. The summed E-state index contributed by atoms with van der Waals surface area (Å²) in [6.07, 6.45) is 7.35. The van der Waals surface area contributed by atoms with Crippen LogP contribution in [0.1, 0.15) is 57.1 Å². The first kappa shape index (κ1) is 15.0. The second-order valence-electron chi connectivity index (χ2n) is 6.55. The topological polar surface area (TPSA) is 46.2 Å². The molecule has 4 heteroatoms. The number of nitrogens with one attached hydrogen (secondary N) is 1. The van der Waals surface area contributed by atoms with E-state index in [9.17, 15) is 8.42 Å². The minimum absolute atomic E-state index is 0.182. The molecule has 0 bridgehead atoms. The monoisotopic (exact) mass is 307 g/mol. The average Bonchev–Trinajstić information content (AvgIpc) is 2.51. The zero-order valence-electron chi connectivity index (χ0n) is 12.7. The Hall–Kier alpha value is -0.870. The zero-order valence-corrected chi connectivity index (χ0v) is 13.5. The van der Waals surface area contributed by atoms with Gasteiger partial charge in [-0.15, -0.1) is 0 Å². The van der Waals surface area contributed by atoms with Crippen molar-refractivity contribution in [1.29, 1.82) is 0 Å². The van der Waals surface area contributed by atoms with Gasteiger partial charge >= 0.3 is 0 Å². The molecule has 1 aliphatic heterocycles. The van der Waals surface area contributed by atoms with Crippen LogP contribution in [0.25, 0.3) is 0 Å². The van der Waals surface area contributed by atoms with Gasteiger partial charge in [0.05, 0.1) is 10.6 Å². The summed E-state index contributed by atoms with van der Waals surface area (Å²) in [5, 5.41) is 3.72. The lowest BCUT2D eigenvalue weighted by Crippen LogP contribution is -2.39. The van der Waals surface area contributed by atoms with Gasteiger partial charge in [0, 0.05) is 12.1 Å². The van der Waals surface area contributed by atoms with Crippen molar-refractivity contribution in [3.8, 4) is 0 Å². The van der Waals surface area contributed by atoms with Crippen LogP contribution < -0.4 is 5.32 Å². The van der Waals surface area contributed by atoms with Gasteiger partial charge in [-0.2, -0.15) is 0 Å². The lowest BCUT2D eigenvalue weighted by molar-refractivity contribution is 0.261. The third-order valence-electron chi connectivity index (χ3n) is 5.13. The molecule has 2 aliphatic rings. The van der Waals surface area contributed by atoms with E-state index in [0.29, 0.717) is 17.4 Å². The molecule has 116 valence electrons. The molecule has 1 saturated carbocycles. The predicted octanol–water partition coefficient (Wildman–Crippen LogP) is 3.46. The first-order valence-electron chi connectivity index (χ1n) is 8.15. The van der Waals surface area contributed by atoms with Crippen molar-refractivity contribution in [3.63, 3.8) is 0 Å². The van der Waals surface area contributed by atoms with Crippen molar-refractivity contribution < 1.29 is 8.42 Å². The Kier molecular flexibility index (Phi) is 4.36. The highest BCUT2D eigenvalue weighted by atomic mass is 32.2. The Morgan fingerprint density at radius 1 is 1.10 bits per heavy atom. The minimum atomic E-state index is -3.08. The second kappa shape index (κ2) is 6.09. The van der Waals surface area contributed by atoms with Crippen LogP contribution in [0, 0.1) is 5.92 Å². The first-order valence-corrected chi connectivity index (χ1v) is 9.81. The third kappa shape index (κ3) is 3.16. The summed E-state index contributed by atoms with van der Waals surface area (Å²) in [5.74, 6) is 1.00. The van der Waals surface area contributed by atoms with E-state index in [1.54, 1.807) is 6.07 Å². The van der Waals surface area contributed by atoms with Gasteiger partial charge in [-0.3, -0.25) is 0 Å². The van der Waals surface area contributed by atoms with E-state index >= 15 is 0 Å². The molecule has 3 nitrogen and oxygen atoms in total. The third-order valence-corrected chi connectivity index (χ3v) is 6.94. The molecule has 2 atom stereocenters. The smallest absolute Gasteiger partial charge is 0.178 e. The van der Waals surface area contributed by atoms with Crippen LogP contribution in [0.3, 0.4) is 0 Å². The molecule has 0 saturated heterocycles. The van der Waals surface area contributed by atoms with E-state index < -0.39 is 9.84 Å². The van der Waals surface area contributed by atoms with Gasteiger partial charge in [0.25, 0.3) is 0 Å². The van der Waals surface area contributed by atoms with Gasteiger partial charge in [-0.1, -0.05) is 37.5 Å². The molecule has 3 rings (SSSR count). The lowest BCUT2D eigenvalue weighted by atomic mass is 9.84. The quantitative estimate of drug-likeness (QED) is 0.930. The van der Waals surface area contributed by atoms with E-state index in [0.717, 1.165) is 11.5 Å². The summed E-state index contributed by atoms with van der Waals surface area (Å²) >= 11 is 0. The van der Waals surface area contributed by atoms with Crippen LogP contribution in [-0.2, 0) is 9.84 Å². The largest absolute Gasteiger partial charge is 0.307 e. The van der Waals surface area contributed by atoms with Crippen molar-refractivity contribution in [3.05, 3.63) is 29.8 Å². The number of fused-ring (bicyclic) bond motifs is 1. The van der Waals surface area contributed by atoms with Crippen molar-refractivity contribution in [2.45, 2.75) is 62.4 Å². The highest BCUT2D eigenvalue weighted by Crippen LogP contribution is 2.34. The predicted molar refractivity (Wildman–Crippen MR) is 85.0 cm³/mol. The Bertz CT molecular complexity index is 591. The molecular formula is C17H25NO2S. The van der Waals surface area contributed by atoms with Crippen molar-refractivity contribution in [1.82, 2.24) is 5.32 Å². The number of benzene rings is 1. The molecule has 1 unspecified atom stereocenters. The Morgan fingerprint density at radius 3 is 2.57 bits per heavy atom.